The molecule has 2 aliphatic heterocycles. The van der Waals surface area contributed by atoms with Gasteiger partial charge in [-0.1, -0.05) is 29.3 Å². The quantitative estimate of drug-likeness (QED) is 0.711. The highest BCUT2D eigenvalue weighted by molar-refractivity contribution is 6.34. The van der Waals surface area contributed by atoms with Crippen molar-refractivity contribution in [2.24, 2.45) is 0 Å². The summed E-state index contributed by atoms with van der Waals surface area (Å²) in [6.45, 7) is 0.199. The lowest BCUT2D eigenvalue weighted by atomic mass is 9.91. The van der Waals surface area contributed by atoms with Crippen LogP contribution in [0.2, 0.25) is 10.0 Å². The van der Waals surface area contributed by atoms with Gasteiger partial charge in [0.25, 0.3) is 0 Å². The van der Waals surface area contributed by atoms with Crippen LogP contribution in [0.25, 0.3) is 5.70 Å². The fraction of sp³-hybridized carbons (Fsp3) is 0.167. The molecule has 1 unspecified atom stereocenters. The van der Waals surface area contributed by atoms with Crippen LogP contribution >= 0.6 is 23.2 Å². The van der Waals surface area contributed by atoms with Gasteiger partial charge in [0.15, 0.2) is 0 Å². The van der Waals surface area contributed by atoms with Gasteiger partial charge in [0.2, 0.25) is 11.5 Å². The van der Waals surface area contributed by atoms with Crippen molar-refractivity contribution in [3.63, 3.8) is 0 Å². The molecule has 0 amide bonds. The second-order valence-corrected chi connectivity index (χ2v) is 7.02. The van der Waals surface area contributed by atoms with Crippen molar-refractivity contribution in [2.45, 2.75) is 18.4 Å². The van der Waals surface area contributed by atoms with Gasteiger partial charge in [-0.15, -0.1) is 0 Å². The zero-order valence-electron chi connectivity index (χ0n) is 13.5. The Morgan fingerprint density at radius 3 is 2.44 bits per heavy atom. The predicted octanol–water partition coefficient (Wildman–Crippen LogP) is 5.18. The highest BCUT2D eigenvalue weighted by atomic mass is 35.5. The molecule has 0 saturated heterocycles. The number of ether oxygens (including phenoxy) is 1. The minimum atomic E-state index is -4.77. The maximum Gasteiger partial charge on any atom is 0.428 e. The van der Waals surface area contributed by atoms with E-state index in [0.717, 1.165) is 11.6 Å². The van der Waals surface area contributed by atoms with E-state index in [1.807, 2.05) is 0 Å². The van der Waals surface area contributed by atoms with Gasteiger partial charge in [0, 0.05) is 32.3 Å². The number of halogens is 5. The Morgan fingerprint density at radius 1 is 1.07 bits per heavy atom. The molecular weight excluding hydrogens is 404 g/mol. The maximum absolute atomic E-state index is 14.0. The predicted molar refractivity (Wildman–Crippen MR) is 94.5 cm³/mol. The molecule has 0 aromatic heterocycles. The van der Waals surface area contributed by atoms with E-state index in [1.54, 1.807) is 18.2 Å². The molecule has 2 aliphatic rings. The Morgan fingerprint density at radius 2 is 1.78 bits per heavy atom. The summed E-state index contributed by atoms with van der Waals surface area (Å²) in [5.41, 5.74) is 1.35. The van der Waals surface area contributed by atoms with Crippen molar-refractivity contribution in [3.8, 4) is 0 Å². The van der Waals surface area contributed by atoms with Crippen LogP contribution in [0.5, 0.6) is 0 Å². The van der Waals surface area contributed by atoms with Crippen LogP contribution < -0.4 is 5.48 Å². The second kappa shape index (κ2) is 6.15. The van der Waals surface area contributed by atoms with Crippen molar-refractivity contribution < 1.29 is 22.7 Å². The maximum atomic E-state index is 14.0. The lowest BCUT2D eigenvalue weighted by Gasteiger charge is -2.28. The molecule has 140 valence electrons. The summed E-state index contributed by atoms with van der Waals surface area (Å²) < 4.78 is 47.1. The van der Waals surface area contributed by atoms with Crippen LogP contribution in [-0.2, 0) is 21.8 Å². The van der Waals surface area contributed by atoms with Crippen molar-refractivity contribution in [3.05, 3.63) is 74.8 Å². The normalized spacial score (nSPS) is 21.5. The summed E-state index contributed by atoms with van der Waals surface area (Å²) in [5, 5.41) is 7.80. The monoisotopic (exact) mass is 414 g/mol. The number of rotatable bonds is 2. The first kappa shape index (κ1) is 18.2. The number of alkyl halides is 3. The molecule has 0 bridgehead atoms. The first-order chi connectivity index (χ1) is 12.7. The van der Waals surface area contributed by atoms with E-state index in [4.69, 9.17) is 38.2 Å². The standard InChI is InChI=1S/C18H11Cl2F3N2O2/c19-12-4-11(5-13(20)6-12)17(18(21,22)23)7-15(25-27-17)9-1-2-14-10(3-9)8-26-16(14)24/h1-7,24-25H,8H2. The first-order valence-corrected chi connectivity index (χ1v) is 8.50. The number of hydroxylamine groups is 1. The van der Waals surface area contributed by atoms with Crippen LogP contribution in [0, 0.1) is 5.41 Å². The van der Waals surface area contributed by atoms with Crippen LogP contribution in [0.4, 0.5) is 13.2 Å². The van der Waals surface area contributed by atoms with E-state index in [-0.39, 0.29) is 33.8 Å². The van der Waals surface area contributed by atoms with Crippen molar-refractivity contribution in [2.75, 3.05) is 0 Å². The molecule has 2 N–H and O–H groups in total. The minimum Gasteiger partial charge on any atom is -0.473 e. The molecular formula is C18H11Cl2F3N2O2. The topological polar surface area (TPSA) is 54.3 Å². The molecule has 4 rings (SSSR count). The Balaban J connectivity index is 1.82. The lowest BCUT2D eigenvalue weighted by molar-refractivity contribution is -0.269. The minimum absolute atomic E-state index is 0.0411. The Labute approximate surface area is 161 Å². The van der Waals surface area contributed by atoms with Gasteiger partial charge in [-0.3, -0.25) is 15.7 Å². The van der Waals surface area contributed by atoms with Crippen LogP contribution in [-0.4, -0.2) is 12.1 Å². The molecule has 0 fully saturated rings. The van der Waals surface area contributed by atoms with E-state index in [2.05, 4.69) is 5.48 Å². The lowest BCUT2D eigenvalue weighted by Crippen LogP contribution is -2.42. The average Bonchev–Trinajstić information content (AvgIpc) is 3.19. The highest BCUT2D eigenvalue weighted by Crippen LogP contribution is 2.48. The van der Waals surface area contributed by atoms with Crippen LogP contribution in [0.3, 0.4) is 0 Å². The third-order valence-corrected chi connectivity index (χ3v) is 4.85. The summed E-state index contributed by atoms with van der Waals surface area (Å²) in [7, 11) is 0. The van der Waals surface area contributed by atoms with E-state index in [0.29, 0.717) is 11.1 Å². The summed E-state index contributed by atoms with van der Waals surface area (Å²) in [4.78, 5) is 5.05. The summed E-state index contributed by atoms with van der Waals surface area (Å²) in [5.74, 6) is 0.0411. The molecule has 1 atom stereocenters. The molecule has 4 nitrogen and oxygen atoms in total. The second-order valence-electron chi connectivity index (χ2n) is 6.14. The fourth-order valence-electron chi connectivity index (χ4n) is 3.08. The zero-order chi connectivity index (χ0) is 19.4. The largest absolute Gasteiger partial charge is 0.473 e. The molecule has 0 saturated carbocycles. The number of hydrogen-bond acceptors (Lipinski definition) is 4. The number of benzene rings is 2. The van der Waals surface area contributed by atoms with Crippen molar-refractivity contribution in [1.29, 1.82) is 5.41 Å². The molecule has 2 aromatic rings. The van der Waals surface area contributed by atoms with Crippen LogP contribution in [0.15, 0.2) is 42.5 Å². The Bertz CT molecular complexity index is 971. The molecule has 0 radical (unpaired) electrons. The third kappa shape index (κ3) is 2.96. The van der Waals surface area contributed by atoms with Gasteiger partial charge in [-0.25, -0.2) is 0 Å². The Kier molecular flexibility index (Phi) is 4.14. The van der Waals surface area contributed by atoms with Gasteiger partial charge in [0.05, 0.1) is 5.70 Å². The van der Waals surface area contributed by atoms with Gasteiger partial charge >= 0.3 is 6.18 Å². The molecule has 0 aliphatic carbocycles. The molecule has 2 aromatic carbocycles. The first-order valence-electron chi connectivity index (χ1n) is 7.75. The van der Waals surface area contributed by atoms with Crippen LogP contribution in [0.1, 0.15) is 22.3 Å². The van der Waals surface area contributed by atoms with Gasteiger partial charge < -0.3 is 4.74 Å². The fourth-order valence-corrected chi connectivity index (χ4v) is 3.61. The molecule has 9 heteroatoms. The highest BCUT2D eigenvalue weighted by Gasteiger charge is 2.59. The Hall–Kier alpha value is -2.22. The third-order valence-electron chi connectivity index (χ3n) is 4.41. The SMILES string of the molecule is N=C1OCc2cc(C3=CC(c4cc(Cl)cc(Cl)c4)(C(F)(F)F)ON3)ccc21. The number of fused-ring (bicyclic) bond motifs is 1. The zero-order valence-corrected chi connectivity index (χ0v) is 15.0. The van der Waals surface area contributed by atoms with E-state index in [1.165, 1.54) is 18.2 Å². The summed E-state index contributed by atoms with van der Waals surface area (Å²) in [6, 6.07) is 8.57. The van der Waals surface area contributed by atoms with Crippen molar-refractivity contribution in [1.82, 2.24) is 5.48 Å². The summed E-state index contributed by atoms with van der Waals surface area (Å²) in [6.07, 6.45) is -3.81. The molecule has 0 spiro atoms. The average molecular weight is 415 g/mol. The number of hydrogen-bond donors (Lipinski definition) is 2. The van der Waals surface area contributed by atoms with E-state index >= 15 is 0 Å². The van der Waals surface area contributed by atoms with E-state index < -0.39 is 11.8 Å². The van der Waals surface area contributed by atoms with Gasteiger partial charge in [-0.05, 0) is 36.4 Å². The van der Waals surface area contributed by atoms with Gasteiger partial charge in [0.1, 0.15) is 6.61 Å². The summed E-state index contributed by atoms with van der Waals surface area (Å²) >= 11 is 11.8. The smallest absolute Gasteiger partial charge is 0.428 e. The molecule has 27 heavy (non-hydrogen) atoms. The number of nitrogens with one attached hydrogen (secondary N) is 2. The van der Waals surface area contributed by atoms with E-state index in [9.17, 15) is 13.2 Å². The van der Waals surface area contributed by atoms with Gasteiger partial charge in [-0.2, -0.15) is 13.2 Å². The molecule has 2 heterocycles. The van der Waals surface area contributed by atoms with Crippen molar-refractivity contribution >= 4 is 34.8 Å².